The van der Waals surface area contributed by atoms with Crippen LogP contribution in [0.1, 0.15) is 23.8 Å². The summed E-state index contributed by atoms with van der Waals surface area (Å²) in [6.45, 7) is 3.92. The van der Waals surface area contributed by atoms with E-state index < -0.39 is 5.97 Å². The quantitative estimate of drug-likeness (QED) is 0.693. The molecule has 0 bridgehead atoms. The number of carboxylic acid groups (broad SMARTS) is 1. The minimum atomic E-state index is -1.00. The zero-order valence-corrected chi connectivity index (χ0v) is 8.14. The number of carbonyl (C=O) groups is 1. The molecule has 0 aromatic carbocycles. The minimum absolute atomic E-state index is 0.0699. The Labute approximate surface area is 82.3 Å². The van der Waals surface area contributed by atoms with Crippen molar-refractivity contribution in [2.45, 2.75) is 19.9 Å². The molecule has 0 aliphatic heterocycles. The van der Waals surface area contributed by atoms with Crippen LogP contribution in [-0.2, 0) is 11.3 Å². The number of nitrogens with zero attached hydrogens (tertiary/aromatic N) is 2. The van der Waals surface area contributed by atoms with Crippen molar-refractivity contribution < 1.29 is 14.6 Å². The molecule has 0 fully saturated rings. The lowest BCUT2D eigenvalue weighted by Crippen LogP contribution is -2.08. The first-order valence-electron chi connectivity index (χ1n) is 4.58. The van der Waals surface area contributed by atoms with Crippen LogP contribution >= 0.6 is 0 Å². The molecular weight excluding hydrogens is 184 g/mol. The number of ether oxygens (including phenoxy) is 1. The fourth-order valence-corrected chi connectivity index (χ4v) is 1.00. The maximum absolute atomic E-state index is 10.5. The summed E-state index contributed by atoms with van der Waals surface area (Å²) in [6.07, 6.45) is 2.62. The van der Waals surface area contributed by atoms with Crippen LogP contribution in [0.4, 0.5) is 0 Å². The van der Waals surface area contributed by atoms with Gasteiger partial charge in [-0.2, -0.15) is 5.10 Å². The zero-order valence-electron chi connectivity index (χ0n) is 8.14. The van der Waals surface area contributed by atoms with Gasteiger partial charge in [-0.05, 0) is 12.5 Å². The van der Waals surface area contributed by atoms with Crippen molar-refractivity contribution in [2.24, 2.45) is 0 Å². The zero-order chi connectivity index (χ0) is 10.4. The van der Waals surface area contributed by atoms with Gasteiger partial charge in [0.15, 0.2) is 5.69 Å². The molecule has 0 saturated heterocycles. The van der Waals surface area contributed by atoms with Crippen molar-refractivity contribution in [3.05, 3.63) is 18.0 Å². The van der Waals surface area contributed by atoms with Gasteiger partial charge in [-0.15, -0.1) is 0 Å². The lowest BCUT2D eigenvalue weighted by molar-refractivity contribution is 0.0688. The highest BCUT2D eigenvalue weighted by atomic mass is 16.5. The van der Waals surface area contributed by atoms with Gasteiger partial charge >= 0.3 is 5.97 Å². The second-order valence-corrected chi connectivity index (χ2v) is 2.88. The van der Waals surface area contributed by atoms with Crippen molar-refractivity contribution >= 4 is 5.97 Å². The third kappa shape index (κ3) is 3.18. The van der Waals surface area contributed by atoms with Gasteiger partial charge in [0.2, 0.25) is 0 Å². The van der Waals surface area contributed by atoms with Gasteiger partial charge < -0.3 is 9.84 Å². The summed E-state index contributed by atoms with van der Waals surface area (Å²) in [6, 6.07) is 1.47. The van der Waals surface area contributed by atoms with Crippen molar-refractivity contribution in [3.63, 3.8) is 0 Å². The first-order valence-corrected chi connectivity index (χ1v) is 4.58. The third-order valence-corrected chi connectivity index (χ3v) is 1.67. The van der Waals surface area contributed by atoms with Crippen LogP contribution in [0.5, 0.6) is 0 Å². The maximum Gasteiger partial charge on any atom is 0.356 e. The lowest BCUT2D eigenvalue weighted by Gasteiger charge is -2.01. The number of aromatic carboxylic acids is 1. The summed E-state index contributed by atoms with van der Waals surface area (Å²) in [5.74, 6) is -1.00. The number of hydrogen-bond acceptors (Lipinski definition) is 3. The van der Waals surface area contributed by atoms with E-state index in [-0.39, 0.29) is 5.69 Å². The van der Waals surface area contributed by atoms with E-state index >= 15 is 0 Å². The Kier molecular flexibility index (Phi) is 4.12. The van der Waals surface area contributed by atoms with E-state index in [9.17, 15) is 4.79 Å². The lowest BCUT2D eigenvalue weighted by atomic mass is 10.5. The summed E-state index contributed by atoms with van der Waals surface area (Å²) in [4.78, 5) is 10.5. The number of carboxylic acids is 1. The first kappa shape index (κ1) is 10.7. The smallest absolute Gasteiger partial charge is 0.356 e. The Morgan fingerprint density at radius 1 is 1.64 bits per heavy atom. The highest BCUT2D eigenvalue weighted by Crippen LogP contribution is 1.95. The average molecular weight is 198 g/mol. The molecule has 0 aliphatic rings. The van der Waals surface area contributed by atoms with Crippen molar-refractivity contribution in [1.82, 2.24) is 9.78 Å². The fraction of sp³-hybridized carbons (Fsp3) is 0.556. The Hall–Kier alpha value is -1.36. The minimum Gasteiger partial charge on any atom is -0.476 e. The molecule has 0 atom stereocenters. The normalized spacial score (nSPS) is 10.4. The van der Waals surface area contributed by atoms with Gasteiger partial charge in [-0.25, -0.2) is 4.79 Å². The van der Waals surface area contributed by atoms with Crippen LogP contribution in [0.15, 0.2) is 12.3 Å². The van der Waals surface area contributed by atoms with E-state index in [0.29, 0.717) is 13.2 Å². The molecular formula is C9H14N2O3. The number of hydrogen-bond donors (Lipinski definition) is 1. The number of aromatic nitrogens is 2. The largest absolute Gasteiger partial charge is 0.476 e. The molecule has 78 valence electrons. The highest BCUT2D eigenvalue weighted by molar-refractivity contribution is 5.84. The van der Waals surface area contributed by atoms with E-state index in [0.717, 1.165) is 13.0 Å². The van der Waals surface area contributed by atoms with Crippen LogP contribution in [-0.4, -0.2) is 34.1 Å². The third-order valence-electron chi connectivity index (χ3n) is 1.67. The van der Waals surface area contributed by atoms with Crippen LogP contribution in [0.25, 0.3) is 0 Å². The van der Waals surface area contributed by atoms with Gasteiger partial charge in [-0.1, -0.05) is 6.92 Å². The molecule has 0 spiro atoms. The molecule has 1 N–H and O–H groups in total. The molecule has 1 rings (SSSR count). The predicted molar refractivity (Wildman–Crippen MR) is 50.3 cm³/mol. The van der Waals surface area contributed by atoms with E-state index in [1.54, 1.807) is 10.9 Å². The monoisotopic (exact) mass is 198 g/mol. The first-order chi connectivity index (χ1) is 6.74. The summed E-state index contributed by atoms with van der Waals surface area (Å²) in [5, 5.41) is 12.4. The second-order valence-electron chi connectivity index (χ2n) is 2.88. The molecule has 14 heavy (non-hydrogen) atoms. The molecule has 1 aromatic heterocycles. The SMILES string of the molecule is CCCOCCn1ccc(C(=O)O)n1. The van der Waals surface area contributed by atoms with Crippen molar-refractivity contribution in [2.75, 3.05) is 13.2 Å². The Morgan fingerprint density at radius 3 is 3.00 bits per heavy atom. The Morgan fingerprint density at radius 2 is 2.43 bits per heavy atom. The van der Waals surface area contributed by atoms with Gasteiger partial charge in [0.25, 0.3) is 0 Å². The van der Waals surface area contributed by atoms with Gasteiger partial charge in [0.05, 0.1) is 13.2 Å². The fourth-order valence-electron chi connectivity index (χ4n) is 1.00. The molecule has 1 aromatic rings. The van der Waals surface area contributed by atoms with Gasteiger partial charge in [-0.3, -0.25) is 4.68 Å². The number of rotatable bonds is 6. The highest BCUT2D eigenvalue weighted by Gasteiger charge is 2.05. The Balaban J connectivity index is 2.33. The van der Waals surface area contributed by atoms with Gasteiger partial charge in [0, 0.05) is 12.8 Å². The summed E-state index contributed by atoms with van der Waals surface area (Å²) in [7, 11) is 0. The molecule has 5 heteroatoms. The standard InChI is InChI=1S/C9H14N2O3/c1-2-6-14-7-5-11-4-3-8(10-11)9(12)13/h3-4H,2,5-7H2,1H3,(H,12,13). The van der Waals surface area contributed by atoms with Crippen molar-refractivity contribution in [3.8, 4) is 0 Å². The maximum atomic E-state index is 10.5. The molecule has 1 heterocycles. The molecule has 0 aliphatic carbocycles. The summed E-state index contributed by atoms with van der Waals surface area (Å²) < 4.78 is 6.82. The molecule has 0 radical (unpaired) electrons. The van der Waals surface area contributed by atoms with E-state index in [4.69, 9.17) is 9.84 Å². The molecule has 5 nitrogen and oxygen atoms in total. The Bertz CT molecular complexity index is 296. The average Bonchev–Trinajstić information content (AvgIpc) is 2.61. The summed E-state index contributed by atoms with van der Waals surface area (Å²) >= 11 is 0. The van der Waals surface area contributed by atoms with Crippen LogP contribution in [0.3, 0.4) is 0 Å². The van der Waals surface area contributed by atoms with E-state index in [1.807, 2.05) is 6.92 Å². The van der Waals surface area contributed by atoms with E-state index in [2.05, 4.69) is 5.10 Å². The molecule has 0 unspecified atom stereocenters. The second kappa shape index (κ2) is 5.39. The van der Waals surface area contributed by atoms with Crippen LogP contribution in [0.2, 0.25) is 0 Å². The van der Waals surface area contributed by atoms with Crippen LogP contribution < -0.4 is 0 Å². The van der Waals surface area contributed by atoms with Gasteiger partial charge in [0.1, 0.15) is 0 Å². The van der Waals surface area contributed by atoms with Crippen molar-refractivity contribution in [1.29, 1.82) is 0 Å². The molecule has 0 saturated carbocycles. The van der Waals surface area contributed by atoms with Crippen LogP contribution in [0, 0.1) is 0 Å². The molecule has 0 amide bonds. The van der Waals surface area contributed by atoms with E-state index in [1.165, 1.54) is 6.07 Å². The topological polar surface area (TPSA) is 64.3 Å². The summed E-state index contributed by atoms with van der Waals surface area (Å²) in [5.41, 5.74) is 0.0699. The predicted octanol–water partition coefficient (Wildman–Crippen LogP) is 1.01.